The summed E-state index contributed by atoms with van der Waals surface area (Å²) in [6, 6.07) is -0.226. The van der Waals surface area contributed by atoms with E-state index in [4.69, 9.17) is 5.73 Å². The Balaban J connectivity index is 2.41. The lowest BCUT2D eigenvalue weighted by atomic mass is 10.00. The van der Waals surface area contributed by atoms with Gasteiger partial charge in [-0.15, -0.1) is 0 Å². The molecule has 110 valence electrons. The number of carbonyl (C=O) groups is 2. The fourth-order valence-corrected chi connectivity index (χ4v) is 2.11. The van der Waals surface area contributed by atoms with Gasteiger partial charge in [-0.05, 0) is 18.8 Å². The van der Waals surface area contributed by atoms with E-state index in [1.54, 1.807) is 0 Å². The van der Waals surface area contributed by atoms with Crippen LogP contribution in [0.15, 0.2) is 0 Å². The maximum atomic E-state index is 12.1. The van der Waals surface area contributed by atoms with E-state index in [1.165, 1.54) is 0 Å². The van der Waals surface area contributed by atoms with Gasteiger partial charge in [0.05, 0.1) is 6.04 Å². The van der Waals surface area contributed by atoms with Gasteiger partial charge in [0.15, 0.2) is 0 Å². The van der Waals surface area contributed by atoms with Gasteiger partial charge in [0, 0.05) is 25.0 Å². The molecule has 0 aliphatic carbocycles. The third kappa shape index (κ3) is 4.49. The summed E-state index contributed by atoms with van der Waals surface area (Å²) in [7, 11) is 0. The van der Waals surface area contributed by atoms with Gasteiger partial charge in [0.25, 0.3) is 0 Å². The number of carbonyl (C=O) groups excluding carboxylic acids is 2. The lowest BCUT2D eigenvalue weighted by Gasteiger charge is -2.34. The van der Waals surface area contributed by atoms with Crippen LogP contribution in [0.25, 0.3) is 0 Å². The first kappa shape index (κ1) is 16.0. The number of nitrogens with two attached hydrogens (primary N) is 1. The number of amides is 2. The van der Waals surface area contributed by atoms with Crippen LogP contribution in [0.3, 0.4) is 0 Å². The molecule has 1 fully saturated rings. The largest absolute Gasteiger partial charge is 0.353 e. The van der Waals surface area contributed by atoms with E-state index in [2.05, 4.69) is 5.32 Å². The standard InChI is InChI=1S/C14H27N3O2/c1-9(2)12(15)14(19)17-7-5-11(6-8-17)16-13(18)10(3)4/h9-12H,5-8,15H2,1-4H3,(H,16,18). The topological polar surface area (TPSA) is 75.4 Å². The van der Waals surface area contributed by atoms with Gasteiger partial charge in [-0.3, -0.25) is 9.59 Å². The Hall–Kier alpha value is -1.10. The molecule has 3 N–H and O–H groups in total. The molecule has 2 amide bonds. The zero-order chi connectivity index (χ0) is 14.6. The van der Waals surface area contributed by atoms with E-state index in [-0.39, 0.29) is 29.7 Å². The van der Waals surface area contributed by atoms with Crippen molar-refractivity contribution in [2.24, 2.45) is 17.6 Å². The van der Waals surface area contributed by atoms with E-state index in [1.807, 2.05) is 32.6 Å². The predicted octanol–water partition coefficient (Wildman–Crippen LogP) is 0.733. The first-order valence-corrected chi connectivity index (χ1v) is 7.17. The summed E-state index contributed by atoms with van der Waals surface area (Å²) in [4.78, 5) is 25.5. The van der Waals surface area contributed by atoms with Gasteiger partial charge >= 0.3 is 0 Å². The molecular formula is C14H27N3O2. The molecule has 1 rings (SSSR count). The average molecular weight is 269 g/mol. The fraction of sp³-hybridized carbons (Fsp3) is 0.857. The first-order valence-electron chi connectivity index (χ1n) is 7.17. The summed E-state index contributed by atoms with van der Waals surface area (Å²) in [5, 5.41) is 3.02. The molecule has 0 bridgehead atoms. The van der Waals surface area contributed by atoms with Crippen LogP contribution in [0.2, 0.25) is 0 Å². The van der Waals surface area contributed by atoms with Crippen molar-refractivity contribution in [1.29, 1.82) is 0 Å². The summed E-state index contributed by atoms with van der Waals surface area (Å²) in [5.74, 6) is 0.284. The highest BCUT2D eigenvalue weighted by molar-refractivity contribution is 5.82. The summed E-state index contributed by atoms with van der Waals surface area (Å²) < 4.78 is 0. The van der Waals surface area contributed by atoms with Gasteiger partial charge in [-0.2, -0.15) is 0 Å². The number of nitrogens with zero attached hydrogens (tertiary/aromatic N) is 1. The summed E-state index contributed by atoms with van der Waals surface area (Å²) >= 11 is 0. The van der Waals surface area contributed by atoms with Gasteiger partial charge in [0.2, 0.25) is 11.8 Å². The summed E-state index contributed by atoms with van der Waals surface area (Å²) in [6.07, 6.45) is 1.63. The number of hydrogen-bond donors (Lipinski definition) is 2. The fourth-order valence-electron chi connectivity index (χ4n) is 2.11. The van der Waals surface area contributed by atoms with Crippen molar-refractivity contribution in [2.45, 2.75) is 52.6 Å². The number of likely N-dealkylation sites (tertiary alicyclic amines) is 1. The minimum atomic E-state index is -0.415. The van der Waals surface area contributed by atoms with Crippen LogP contribution in [0.5, 0.6) is 0 Å². The molecule has 0 spiro atoms. The van der Waals surface area contributed by atoms with Crippen molar-refractivity contribution in [3.63, 3.8) is 0 Å². The smallest absolute Gasteiger partial charge is 0.239 e. The quantitative estimate of drug-likeness (QED) is 0.790. The highest BCUT2D eigenvalue weighted by atomic mass is 16.2. The second-order valence-corrected chi connectivity index (χ2v) is 6.03. The Kier molecular flexibility index (Phi) is 5.79. The van der Waals surface area contributed by atoms with Crippen molar-refractivity contribution >= 4 is 11.8 Å². The molecule has 1 saturated heterocycles. The van der Waals surface area contributed by atoms with Crippen molar-refractivity contribution < 1.29 is 9.59 Å². The van der Waals surface area contributed by atoms with Crippen LogP contribution in [-0.4, -0.2) is 41.9 Å². The SMILES string of the molecule is CC(C)C(=O)NC1CCN(C(=O)C(N)C(C)C)CC1. The van der Waals surface area contributed by atoms with Gasteiger partial charge in [-0.25, -0.2) is 0 Å². The van der Waals surface area contributed by atoms with Crippen LogP contribution in [0, 0.1) is 11.8 Å². The third-order valence-corrected chi connectivity index (χ3v) is 3.68. The van der Waals surface area contributed by atoms with E-state index in [0.29, 0.717) is 13.1 Å². The maximum Gasteiger partial charge on any atom is 0.239 e. The second kappa shape index (κ2) is 6.89. The number of rotatable bonds is 4. The summed E-state index contributed by atoms with van der Waals surface area (Å²) in [6.45, 7) is 9.05. The zero-order valence-corrected chi connectivity index (χ0v) is 12.5. The second-order valence-electron chi connectivity index (χ2n) is 6.03. The molecule has 5 heteroatoms. The molecule has 1 unspecified atom stereocenters. The van der Waals surface area contributed by atoms with Crippen molar-refractivity contribution in [1.82, 2.24) is 10.2 Å². The molecule has 0 saturated carbocycles. The normalized spacial score (nSPS) is 18.8. The molecule has 0 aromatic heterocycles. The zero-order valence-electron chi connectivity index (χ0n) is 12.5. The minimum absolute atomic E-state index is 0.00836. The molecule has 5 nitrogen and oxygen atoms in total. The van der Waals surface area contributed by atoms with Crippen molar-refractivity contribution in [3.8, 4) is 0 Å². The van der Waals surface area contributed by atoms with Crippen LogP contribution in [0.4, 0.5) is 0 Å². The molecule has 19 heavy (non-hydrogen) atoms. The van der Waals surface area contributed by atoms with Gasteiger partial charge in [0.1, 0.15) is 0 Å². The van der Waals surface area contributed by atoms with E-state index in [0.717, 1.165) is 12.8 Å². The Morgan fingerprint density at radius 3 is 2.11 bits per heavy atom. The third-order valence-electron chi connectivity index (χ3n) is 3.68. The van der Waals surface area contributed by atoms with Crippen LogP contribution in [0.1, 0.15) is 40.5 Å². The first-order chi connectivity index (χ1) is 8.82. The number of hydrogen-bond acceptors (Lipinski definition) is 3. The molecule has 0 aromatic carbocycles. The van der Waals surface area contributed by atoms with Crippen molar-refractivity contribution in [3.05, 3.63) is 0 Å². The Morgan fingerprint density at radius 1 is 1.16 bits per heavy atom. The highest BCUT2D eigenvalue weighted by Crippen LogP contribution is 2.13. The molecule has 1 heterocycles. The number of nitrogens with one attached hydrogen (secondary N) is 1. The Bertz CT molecular complexity index is 321. The maximum absolute atomic E-state index is 12.1. The monoisotopic (exact) mass is 269 g/mol. The Labute approximate surface area is 115 Å². The lowest BCUT2D eigenvalue weighted by molar-refractivity contribution is -0.134. The molecule has 1 atom stereocenters. The molecule has 1 aliphatic heterocycles. The lowest BCUT2D eigenvalue weighted by Crippen LogP contribution is -2.52. The van der Waals surface area contributed by atoms with Crippen LogP contribution >= 0.6 is 0 Å². The highest BCUT2D eigenvalue weighted by Gasteiger charge is 2.28. The molecule has 0 aromatic rings. The molecular weight excluding hydrogens is 242 g/mol. The Morgan fingerprint density at radius 2 is 1.68 bits per heavy atom. The summed E-state index contributed by atoms with van der Waals surface area (Å²) in [5.41, 5.74) is 5.89. The van der Waals surface area contributed by atoms with E-state index >= 15 is 0 Å². The van der Waals surface area contributed by atoms with Crippen molar-refractivity contribution in [2.75, 3.05) is 13.1 Å². The van der Waals surface area contributed by atoms with Crippen LogP contribution < -0.4 is 11.1 Å². The van der Waals surface area contributed by atoms with Gasteiger partial charge in [-0.1, -0.05) is 27.7 Å². The van der Waals surface area contributed by atoms with Crippen LogP contribution in [-0.2, 0) is 9.59 Å². The minimum Gasteiger partial charge on any atom is -0.353 e. The molecule has 0 radical (unpaired) electrons. The van der Waals surface area contributed by atoms with Gasteiger partial charge < -0.3 is 16.0 Å². The van der Waals surface area contributed by atoms with E-state index in [9.17, 15) is 9.59 Å². The number of piperidine rings is 1. The average Bonchev–Trinajstić information content (AvgIpc) is 2.37. The molecule has 1 aliphatic rings. The van der Waals surface area contributed by atoms with E-state index < -0.39 is 6.04 Å². The predicted molar refractivity (Wildman–Crippen MR) is 75.4 cm³/mol.